The normalized spacial score (nSPS) is 18.8. The number of hydrogen-bond acceptors (Lipinski definition) is 0. The van der Waals surface area contributed by atoms with Gasteiger partial charge in [-0.2, -0.15) is 52.7 Å². The average molecular weight is 428 g/mol. The summed E-state index contributed by atoms with van der Waals surface area (Å²) in [6.07, 6.45) is -19.3. The van der Waals surface area contributed by atoms with Gasteiger partial charge in [0.1, 0.15) is 0 Å². The molecular weight excluding hydrogens is 408 g/mol. The van der Waals surface area contributed by atoms with E-state index in [0.29, 0.717) is 19.8 Å². The minimum absolute atomic E-state index is 0.00944. The molecule has 1 rings (SSSR count). The molecule has 1 aliphatic rings. The third kappa shape index (κ3) is 5.58. The summed E-state index contributed by atoms with van der Waals surface area (Å²) < 4.78 is 146. The van der Waals surface area contributed by atoms with E-state index in [1.54, 1.807) is 0 Å². The van der Waals surface area contributed by atoms with Gasteiger partial charge in [-0.25, -0.2) is 0 Å². The van der Waals surface area contributed by atoms with Crippen molar-refractivity contribution in [3.05, 3.63) is 0 Å². The van der Waals surface area contributed by atoms with E-state index < -0.39 is 41.5 Å². The van der Waals surface area contributed by atoms with Crippen LogP contribution in [0.2, 0.25) is 0 Å². The fourth-order valence-electron chi connectivity index (χ4n) is 2.46. The van der Waals surface area contributed by atoms with Gasteiger partial charge < -0.3 is 0 Å². The molecule has 1 saturated carbocycles. The van der Waals surface area contributed by atoms with E-state index in [2.05, 4.69) is 0 Å². The van der Waals surface area contributed by atoms with Gasteiger partial charge in [-0.15, -0.1) is 0 Å². The zero-order valence-electron chi connectivity index (χ0n) is 14.6. The van der Waals surface area contributed by atoms with Crippen molar-refractivity contribution in [2.45, 2.75) is 77.6 Å². The Morgan fingerprint density at radius 1 is 0.481 bits per heavy atom. The van der Waals surface area contributed by atoms with Crippen molar-refractivity contribution in [1.82, 2.24) is 0 Å². The zero-order chi connectivity index (χ0) is 22.1. The Balaban J connectivity index is 0.000000541. The van der Waals surface area contributed by atoms with Crippen LogP contribution in [0.4, 0.5) is 52.7 Å². The third-order valence-corrected chi connectivity index (χ3v) is 5.02. The molecule has 0 nitrogen and oxygen atoms in total. The first-order valence-corrected chi connectivity index (χ1v) is 7.87. The van der Waals surface area contributed by atoms with Gasteiger partial charge in [0.2, 0.25) is 0 Å². The van der Waals surface area contributed by atoms with Crippen LogP contribution >= 0.6 is 0 Å². The van der Waals surface area contributed by atoms with E-state index in [0.717, 1.165) is 6.42 Å². The van der Waals surface area contributed by atoms with E-state index >= 15 is 0 Å². The van der Waals surface area contributed by atoms with Crippen LogP contribution in [0, 0.1) is 16.7 Å². The molecular formula is C15H20F12. The largest absolute Gasteiger partial charge is 0.403 e. The summed E-state index contributed by atoms with van der Waals surface area (Å²) in [5.74, 6) is -1.33. The Labute approximate surface area is 148 Å². The molecule has 12 heteroatoms. The first-order chi connectivity index (χ1) is 11.6. The predicted molar refractivity (Wildman–Crippen MR) is 72.7 cm³/mol. The molecule has 0 saturated heterocycles. The highest BCUT2D eigenvalue weighted by Crippen LogP contribution is 2.57. The van der Waals surface area contributed by atoms with Crippen LogP contribution in [0.1, 0.15) is 52.9 Å². The van der Waals surface area contributed by atoms with Gasteiger partial charge in [-0.1, -0.05) is 19.3 Å². The number of hydrogen-bond donors (Lipinski definition) is 0. The lowest BCUT2D eigenvalue weighted by Gasteiger charge is -2.42. The second-order valence-electron chi connectivity index (χ2n) is 7.15. The molecule has 0 radical (unpaired) electrons. The van der Waals surface area contributed by atoms with Crippen molar-refractivity contribution < 1.29 is 52.7 Å². The molecule has 0 aromatic heterocycles. The summed E-state index contributed by atoms with van der Waals surface area (Å²) in [6.45, 7) is 0.503. The standard InChI is InChI=1S/C10H14F6.C5H6F6/c1-8(9(11,12)13,10(14,15)16)7-5-3-2-4-6-7;1-3(2,4(6,7)8)5(9,10)11/h7H,2-6H2,1H3;1-2H3. The number of halogens is 12. The van der Waals surface area contributed by atoms with E-state index in [4.69, 9.17) is 0 Å². The molecule has 0 heterocycles. The molecule has 1 aliphatic carbocycles. The van der Waals surface area contributed by atoms with E-state index in [9.17, 15) is 52.7 Å². The van der Waals surface area contributed by atoms with Gasteiger partial charge in [-0.05, 0) is 39.5 Å². The Kier molecular flexibility index (Phi) is 7.64. The highest BCUT2D eigenvalue weighted by atomic mass is 19.4. The minimum Gasteiger partial charge on any atom is -0.170 e. The Hall–Kier alpha value is -0.840. The van der Waals surface area contributed by atoms with Crippen LogP contribution in [0.3, 0.4) is 0 Å². The van der Waals surface area contributed by atoms with Crippen molar-refractivity contribution in [2.75, 3.05) is 0 Å². The SMILES string of the molecule is CC(C)(C(F)(F)F)C(F)(F)F.CC(C1CCCCC1)(C(F)(F)F)C(F)(F)F. The lowest BCUT2D eigenvalue weighted by atomic mass is 9.69. The minimum atomic E-state index is -5.24. The lowest BCUT2D eigenvalue weighted by molar-refractivity contribution is -0.354. The number of alkyl halides is 12. The maximum Gasteiger partial charge on any atom is 0.403 e. The third-order valence-electron chi connectivity index (χ3n) is 5.02. The van der Waals surface area contributed by atoms with Crippen LogP contribution in [0.25, 0.3) is 0 Å². The molecule has 0 N–H and O–H groups in total. The van der Waals surface area contributed by atoms with E-state index in [1.807, 2.05) is 0 Å². The quantitative estimate of drug-likeness (QED) is 0.373. The van der Waals surface area contributed by atoms with Crippen LogP contribution in [-0.2, 0) is 0 Å². The molecule has 0 aromatic rings. The fourth-order valence-corrected chi connectivity index (χ4v) is 2.46. The van der Waals surface area contributed by atoms with Crippen LogP contribution in [0.15, 0.2) is 0 Å². The summed E-state index contributed by atoms with van der Waals surface area (Å²) >= 11 is 0. The molecule has 0 spiro atoms. The van der Waals surface area contributed by atoms with Gasteiger partial charge in [0.05, 0.1) is 0 Å². The maximum absolute atomic E-state index is 12.7. The van der Waals surface area contributed by atoms with Gasteiger partial charge >= 0.3 is 24.7 Å². The smallest absolute Gasteiger partial charge is 0.170 e. The zero-order valence-corrected chi connectivity index (χ0v) is 14.6. The first-order valence-electron chi connectivity index (χ1n) is 7.87. The first kappa shape index (κ1) is 26.2. The number of rotatable bonds is 1. The predicted octanol–water partition coefficient (Wildman–Crippen LogP) is 7.83. The highest BCUT2D eigenvalue weighted by Gasteiger charge is 2.70. The topological polar surface area (TPSA) is 0 Å². The van der Waals surface area contributed by atoms with Crippen molar-refractivity contribution in [1.29, 1.82) is 0 Å². The van der Waals surface area contributed by atoms with Gasteiger partial charge in [0.15, 0.2) is 10.8 Å². The van der Waals surface area contributed by atoms with E-state index in [1.165, 1.54) is 0 Å². The summed E-state index contributed by atoms with van der Waals surface area (Å²) in [4.78, 5) is 0. The second kappa shape index (κ2) is 7.88. The van der Waals surface area contributed by atoms with Gasteiger partial charge in [-0.3, -0.25) is 0 Å². The summed E-state index contributed by atoms with van der Waals surface area (Å²) in [5.41, 5.74) is -7.18. The summed E-state index contributed by atoms with van der Waals surface area (Å²) in [6, 6.07) is 0. The van der Waals surface area contributed by atoms with Crippen molar-refractivity contribution in [3.8, 4) is 0 Å². The van der Waals surface area contributed by atoms with Gasteiger partial charge in [0.25, 0.3) is 0 Å². The molecule has 0 aromatic carbocycles. The van der Waals surface area contributed by atoms with Crippen molar-refractivity contribution in [3.63, 3.8) is 0 Å². The molecule has 27 heavy (non-hydrogen) atoms. The maximum atomic E-state index is 12.7. The molecule has 0 amide bonds. The summed E-state index contributed by atoms with van der Waals surface area (Å²) in [5, 5.41) is 0. The molecule has 1 fully saturated rings. The summed E-state index contributed by atoms with van der Waals surface area (Å²) in [7, 11) is 0. The Morgan fingerprint density at radius 2 is 0.778 bits per heavy atom. The van der Waals surface area contributed by atoms with Crippen LogP contribution < -0.4 is 0 Å². The Bertz CT molecular complexity index is 427. The fraction of sp³-hybridized carbons (Fsp3) is 1.00. The average Bonchev–Trinajstić information content (AvgIpc) is 2.43. The van der Waals surface area contributed by atoms with E-state index in [-0.39, 0.29) is 26.7 Å². The monoisotopic (exact) mass is 428 g/mol. The van der Waals surface area contributed by atoms with Crippen molar-refractivity contribution >= 4 is 0 Å². The van der Waals surface area contributed by atoms with Crippen molar-refractivity contribution in [2.24, 2.45) is 16.7 Å². The lowest BCUT2D eigenvalue weighted by Crippen LogP contribution is -2.53. The molecule has 164 valence electrons. The van der Waals surface area contributed by atoms with Gasteiger partial charge in [0, 0.05) is 0 Å². The second-order valence-corrected chi connectivity index (χ2v) is 7.15. The van der Waals surface area contributed by atoms with Crippen LogP contribution in [0.5, 0.6) is 0 Å². The highest BCUT2D eigenvalue weighted by molar-refractivity contribution is 4.95. The molecule has 0 unspecified atom stereocenters. The van der Waals surface area contributed by atoms with Crippen LogP contribution in [-0.4, -0.2) is 24.7 Å². The molecule has 0 aliphatic heterocycles. The molecule has 0 bridgehead atoms. The molecule has 0 atom stereocenters. The Morgan fingerprint density at radius 3 is 0.963 bits per heavy atom.